The van der Waals surface area contributed by atoms with Crippen molar-refractivity contribution in [1.82, 2.24) is 16.0 Å². The maximum Gasteiger partial charge on any atom is 0.269 e. The van der Waals surface area contributed by atoms with Crippen LogP contribution in [0.25, 0.3) is 0 Å². The third kappa shape index (κ3) is 6.08. The quantitative estimate of drug-likeness (QED) is 0.645. The zero-order valence-electron chi connectivity index (χ0n) is 14.0. The summed E-state index contributed by atoms with van der Waals surface area (Å²) in [7, 11) is 0. The second kappa shape index (κ2) is 9.25. The molecule has 3 N–H and O–H groups in total. The van der Waals surface area contributed by atoms with Crippen molar-refractivity contribution in [1.29, 1.82) is 0 Å². The van der Waals surface area contributed by atoms with Crippen molar-refractivity contribution in [2.45, 2.75) is 19.1 Å². The molecule has 0 saturated heterocycles. The van der Waals surface area contributed by atoms with Crippen LogP contribution in [0, 0.1) is 6.92 Å². The molecule has 0 radical (unpaired) electrons. The Morgan fingerprint density at radius 3 is 2.54 bits per heavy atom. The van der Waals surface area contributed by atoms with Gasteiger partial charge in [0, 0.05) is 16.7 Å². The van der Waals surface area contributed by atoms with Gasteiger partial charge in [-0.25, -0.2) is 0 Å². The highest BCUT2D eigenvalue weighted by atomic mass is 35.5. The molecule has 138 valence electrons. The van der Waals surface area contributed by atoms with E-state index in [0.717, 1.165) is 11.8 Å². The number of hydrazine groups is 1. The number of carbonyl (C=O) groups excluding carboxylic acids is 3. The smallest absolute Gasteiger partial charge is 0.269 e. The van der Waals surface area contributed by atoms with Gasteiger partial charge >= 0.3 is 0 Å². The number of aryl methyl sites for hydroxylation is 1. The first-order valence-corrected chi connectivity index (χ1v) is 8.98. The molecule has 0 spiro atoms. The topological polar surface area (TPSA) is 113 Å². The average molecular weight is 397 g/mol. The van der Waals surface area contributed by atoms with Gasteiger partial charge in [0.05, 0.1) is 11.0 Å². The van der Waals surface area contributed by atoms with Gasteiger partial charge in [0.15, 0.2) is 5.82 Å². The summed E-state index contributed by atoms with van der Waals surface area (Å²) >= 11 is 6.86. The van der Waals surface area contributed by atoms with E-state index in [9.17, 15) is 14.4 Å². The lowest BCUT2D eigenvalue weighted by molar-refractivity contribution is -0.119. The van der Waals surface area contributed by atoms with Gasteiger partial charge in [-0.1, -0.05) is 16.8 Å². The van der Waals surface area contributed by atoms with E-state index >= 15 is 0 Å². The molecule has 2 aromatic rings. The minimum absolute atomic E-state index is 0.00662. The first-order chi connectivity index (χ1) is 12.3. The second-order valence-electron chi connectivity index (χ2n) is 5.27. The summed E-state index contributed by atoms with van der Waals surface area (Å²) in [5.41, 5.74) is 4.95. The molecule has 8 nitrogen and oxygen atoms in total. The molecule has 26 heavy (non-hydrogen) atoms. The lowest BCUT2D eigenvalue weighted by Crippen LogP contribution is -2.42. The summed E-state index contributed by atoms with van der Waals surface area (Å²) in [6, 6.07) is 7.82. The highest BCUT2D eigenvalue weighted by molar-refractivity contribution is 8.01. The highest BCUT2D eigenvalue weighted by Gasteiger charge is 2.17. The number of halogens is 1. The summed E-state index contributed by atoms with van der Waals surface area (Å²) in [5, 5.41) is 6.26. The molecule has 1 atom stereocenters. The minimum atomic E-state index is -0.496. The van der Waals surface area contributed by atoms with E-state index in [1.165, 1.54) is 12.1 Å². The number of amides is 3. The Morgan fingerprint density at radius 1 is 1.23 bits per heavy atom. The van der Waals surface area contributed by atoms with Crippen LogP contribution in [-0.2, 0) is 9.59 Å². The van der Waals surface area contributed by atoms with Crippen LogP contribution in [-0.4, -0.2) is 33.9 Å². The Hall–Kier alpha value is -2.52. The molecule has 1 heterocycles. The van der Waals surface area contributed by atoms with Gasteiger partial charge in [0.25, 0.3) is 5.91 Å². The Kier molecular flexibility index (Phi) is 7.05. The fourth-order valence-electron chi connectivity index (χ4n) is 1.77. The third-order valence-electron chi connectivity index (χ3n) is 3.13. The van der Waals surface area contributed by atoms with Crippen LogP contribution in [0.2, 0.25) is 5.02 Å². The maximum atomic E-state index is 12.0. The van der Waals surface area contributed by atoms with Gasteiger partial charge in [-0.3, -0.25) is 25.2 Å². The van der Waals surface area contributed by atoms with Crippen molar-refractivity contribution >= 4 is 46.9 Å². The molecule has 0 bridgehead atoms. The number of thioether (sulfide) groups is 1. The van der Waals surface area contributed by atoms with Crippen molar-refractivity contribution in [3.8, 4) is 0 Å². The van der Waals surface area contributed by atoms with Crippen molar-refractivity contribution in [3.05, 3.63) is 46.7 Å². The molecule has 10 heteroatoms. The van der Waals surface area contributed by atoms with Crippen molar-refractivity contribution in [3.63, 3.8) is 0 Å². The lowest BCUT2D eigenvalue weighted by Gasteiger charge is -2.11. The Bertz CT molecular complexity index is 794. The van der Waals surface area contributed by atoms with E-state index in [0.29, 0.717) is 22.2 Å². The van der Waals surface area contributed by atoms with Gasteiger partial charge in [-0.2, -0.15) is 0 Å². The zero-order valence-corrected chi connectivity index (χ0v) is 15.6. The maximum absolute atomic E-state index is 12.0. The Labute approximate surface area is 159 Å². The van der Waals surface area contributed by atoms with Crippen molar-refractivity contribution < 1.29 is 18.9 Å². The molecule has 2 rings (SSSR count). The molecule has 0 unspecified atom stereocenters. The number of nitrogens with one attached hydrogen (secondary N) is 3. The molecule has 3 amide bonds. The largest absolute Gasteiger partial charge is 0.360 e. The number of hydrogen-bond donors (Lipinski definition) is 3. The van der Waals surface area contributed by atoms with E-state index in [1.807, 2.05) is 0 Å². The first-order valence-electron chi connectivity index (χ1n) is 7.55. The lowest BCUT2D eigenvalue weighted by atomic mass is 10.2. The minimum Gasteiger partial charge on any atom is -0.360 e. The summed E-state index contributed by atoms with van der Waals surface area (Å²) in [6.45, 7) is 3.37. The molecular weight excluding hydrogens is 380 g/mol. The van der Waals surface area contributed by atoms with Gasteiger partial charge < -0.3 is 9.84 Å². The van der Waals surface area contributed by atoms with Crippen LogP contribution in [0.3, 0.4) is 0 Å². The number of hydrogen-bond acceptors (Lipinski definition) is 6. The Balaban J connectivity index is 1.71. The fraction of sp³-hybridized carbons (Fsp3) is 0.250. The fourth-order valence-corrected chi connectivity index (χ4v) is 2.58. The van der Waals surface area contributed by atoms with E-state index in [1.54, 1.807) is 32.0 Å². The van der Waals surface area contributed by atoms with E-state index in [-0.39, 0.29) is 11.7 Å². The van der Waals surface area contributed by atoms with E-state index < -0.39 is 17.1 Å². The van der Waals surface area contributed by atoms with Gasteiger partial charge in [-0.15, -0.1) is 11.8 Å². The summed E-state index contributed by atoms with van der Waals surface area (Å²) in [6.07, 6.45) is 0. The van der Waals surface area contributed by atoms with Crippen LogP contribution in [0.15, 0.2) is 34.9 Å². The third-order valence-corrected chi connectivity index (χ3v) is 4.53. The van der Waals surface area contributed by atoms with Crippen LogP contribution in [0.1, 0.15) is 23.0 Å². The number of benzene rings is 1. The highest BCUT2D eigenvalue weighted by Crippen LogP contribution is 2.14. The molecular formula is C16H17ClN4O4S. The molecule has 1 aromatic heterocycles. The second-order valence-corrected chi connectivity index (χ2v) is 7.04. The number of aromatic nitrogens is 1. The van der Waals surface area contributed by atoms with Gasteiger partial charge in [0.1, 0.15) is 5.76 Å². The predicted molar refractivity (Wildman–Crippen MR) is 98.9 cm³/mol. The van der Waals surface area contributed by atoms with Gasteiger partial charge in [-0.05, 0) is 38.1 Å². The SMILES string of the molecule is Cc1cc(NC(=O)[C@H](C)SCC(=O)NNC(=O)c2ccc(Cl)cc2)no1. The van der Waals surface area contributed by atoms with Gasteiger partial charge in [0.2, 0.25) is 11.8 Å². The van der Waals surface area contributed by atoms with E-state index in [2.05, 4.69) is 21.3 Å². The van der Waals surface area contributed by atoms with Crippen LogP contribution >= 0.6 is 23.4 Å². The monoisotopic (exact) mass is 396 g/mol. The standard InChI is InChI=1S/C16H17ClN4O4S/c1-9-7-13(21-25-9)18-15(23)10(2)26-8-14(22)19-20-16(24)11-3-5-12(17)6-4-11/h3-7,10H,8H2,1-2H3,(H,19,22)(H,20,24)(H,18,21,23)/t10-/m0/s1. The van der Waals surface area contributed by atoms with Crippen LogP contribution < -0.4 is 16.2 Å². The summed E-state index contributed by atoms with van der Waals surface area (Å²) < 4.78 is 4.86. The molecule has 0 fully saturated rings. The number of anilines is 1. The molecule has 0 saturated carbocycles. The number of rotatable bonds is 6. The molecule has 1 aromatic carbocycles. The summed E-state index contributed by atoms with van der Waals surface area (Å²) in [4.78, 5) is 35.6. The Morgan fingerprint density at radius 2 is 1.92 bits per heavy atom. The molecule has 0 aliphatic heterocycles. The molecule has 0 aliphatic rings. The zero-order chi connectivity index (χ0) is 19.1. The first kappa shape index (κ1) is 19.8. The molecule has 0 aliphatic carbocycles. The predicted octanol–water partition coefficient (Wildman–Crippen LogP) is 2.16. The summed E-state index contributed by atoms with van der Waals surface area (Å²) in [5.74, 6) is -0.313. The van der Waals surface area contributed by atoms with Crippen LogP contribution in [0.5, 0.6) is 0 Å². The van der Waals surface area contributed by atoms with E-state index in [4.69, 9.17) is 16.1 Å². The van der Waals surface area contributed by atoms with Crippen molar-refractivity contribution in [2.24, 2.45) is 0 Å². The average Bonchev–Trinajstić information content (AvgIpc) is 3.02. The van der Waals surface area contributed by atoms with Crippen molar-refractivity contribution in [2.75, 3.05) is 11.1 Å². The number of carbonyl (C=O) groups is 3. The normalized spacial score (nSPS) is 11.5. The van der Waals surface area contributed by atoms with Crippen LogP contribution in [0.4, 0.5) is 5.82 Å². The number of nitrogens with zero attached hydrogens (tertiary/aromatic N) is 1.